The van der Waals surface area contributed by atoms with Crippen LogP contribution in [0, 0.1) is 34.5 Å². The molecule has 124 valence electrons. The van der Waals surface area contributed by atoms with Crippen LogP contribution in [-0.2, 0) is 0 Å². The van der Waals surface area contributed by atoms with E-state index in [-0.39, 0.29) is 0 Å². The first kappa shape index (κ1) is 18.8. The smallest absolute Gasteiger partial charge is 0.0156 e. The highest BCUT2D eigenvalue weighted by Gasteiger charge is 2.38. The second-order valence-corrected chi connectivity index (χ2v) is 8.80. The molecular formula is C21H40. The molecular weight excluding hydrogens is 252 g/mol. The first-order valence-corrected chi connectivity index (χ1v) is 9.38. The van der Waals surface area contributed by atoms with E-state index in [2.05, 4.69) is 67.5 Å². The second kappa shape index (κ2) is 7.34. The Morgan fingerprint density at radius 2 is 1.62 bits per heavy atom. The van der Waals surface area contributed by atoms with Crippen molar-refractivity contribution in [3.05, 3.63) is 12.2 Å². The quantitative estimate of drug-likeness (QED) is 0.486. The van der Waals surface area contributed by atoms with Crippen LogP contribution in [0.2, 0.25) is 0 Å². The van der Waals surface area contributed by atoms with E-state index in [4.69, 9.17) is 0 Å². The third-order valence-corrected chi connectivity index (χ3v) is 6.73. The first-order chi connectivity index (χ1) is 9.70. The summed E-state index contributed by atoms with van der Waals surface area (Å²) in [6, 6.07) is 0. The molecule has 1 rings (SSSR count). The van der Waals surface area contributed by atoms with Crippen LogP contribution in [0.1, 0.15) is 87.5 Å². The van der Waals surface area contributed by atoms with Gasteiger partial charge in [0.15, 0.2) is 0 Å². The number of rotatable bonds is 3. The molecule has 0 bridgehead atoms. The molecule has 0 saturated heterocycles. The third kappa shape index (κ3) is 4.14. The van der Waals surface area contributed by atoms with Gasteiger partial charge < -0.3 is 0 Å². The SMILES string of the molecule is CCC1CCC(C)C(C)(CC)C(CC)C=CC1C(C)(C)C. The van der Waals surface area contributed by atoms with Gasteiger partial charge in [-0.1, -0.05) is 74.0 Å². The zero-order valence-corrected chi connectivity index (χ0v) is 16.0. The lowest BCUT2D eigenvalue weighted by molar-refractivity contribution is 0.107. The lowest BCUT2D eigenvalue weighted by atomic mass is 9.64. The Bertz CT molecular complexity index is 332. The standard InChI is InChI=1S/C21H40/c1-9-17-13-12-16(4)21(8,11-3)18(10-2)14-15-19(17)20(5,6)7/h14-19H,9-13H2,1-8H3. The van der Waals surface area contributed by atoms with Crippen molar-refractivity contribution in [2.75, 3.05) is 0 Å². The molecule has 0 fully saturated rings. The Morgan fingerprint density at radius 3 is 2.05 bits per heavy atom. The van der Waals surface area contributed by atoms with Crippen LogP contribution >= 0.6 is 0 Å². The summed E-state index contributed by atoms with van der Waals surface area (Å²) in [6.07, 6.45) is 11.9. The molecule has 0 N–H and O–H groups in total. The molecule has 0 saturated carbocycles. The molecule has 5 unspecified atom stereocenters. The van der Waals surface area contributed by atoms with Gasteiger partial charge >= 0.3 is 0 Å². The predicted molar refractivity (Wildman–Crippen MR) is 96.4 cm³/mol. The molecule has 1 aliphatic rings. The zero-order chi connectivity index (χ0) is 16.3. The fourth-order valence-electron chi connectivity index (χ4n) is 4.64. The Hall–Kier alpha value is -0.260. The van der Waals surface area contributed by atoms with Crippen LogP contribution in [0.25, 0.3) is 0 Å². The molecule has 0 aromatic heterocycles. The van der Waals surface area contributed by atoms with Gasteiger partial charge in [0.05, 0.1) is 0 Å². The highest BCUT2D eigenvalue weighted by molar-refractivity contribution is 5.05. The Labute approximate surface area is 134 Å². The van der Waals surface area contributed by atoms with Crippen molar-refractivity contribution < 1.29 is 0 Å². The largest absolute Gasteiger partial charge is 0.0846 e. The molecule has 0 amide bonds. The number of hydrogen-bond donors (Lipinski definition) is 0. The maximum Gasteiger partial charge on any atom is -0.0156 e. The monoisotopic (exact) mass is 292 g/mol. The lowest BCUT2D eigenvalue weighted by Gasteiger charge is -2.40. The summed E-state index contributed by atoms with van der Waals surface area (Å²) in [6.45, 7) is 19.5. The summed E-state index contributed by atoms with van der Waals surface area (Å²) in [5, 5.41) is 0. The molecule has 0 radical (unpaired) electrons. The average Bonchev–Trinajstić information content (AvgIpc) is 2.47. The summed E-state index contributed by atoms with van der Waals surface area (Å²) in [5.74, 6) is 3.13. The zero-order valence-electron chi connectivity index (χ0n) is 16.0. The van der Waals surface area contributed by atoms with Gasteiger partial charge in [0.25, 0.3) is 0 Å². The minimum atomic E-state index is 0.381. The lowest BCUT2D eigenvalue weighted by Crippen LogP contribution is -2.32. The number of hydrogen-bond acceptors (Lipinski definition) is 0. The Balaban J connectivity index is 3.19. The van der Waals surface area contributed by atoms with E-state index >= 15 is 0 Å². The fourth-order valence-corrected chi connectivity index (χ4v) is 4.64. The maximum absolute atomic E-state index is 2.61. The Kier molecular flexibility index (Phi) is 6.56. The Morgan fingerprint density at radius 1 is 1.00 bits per heavy atom. The fraction of sp³-hybridized carbons (Fsp3) is 0.905. The van der Waals surface area contributed by atoms with Gasteiger partial charge in [0, 0.05) is 0 Å². The van der Waals surface area contributed by atoms with E-state index in [9.17, 15) is 0 Å². The van der Waals surface area contributed by atoms with Crippen molar-refractivity contribution >= 4 is 0 Å². The molecule has 0 aromatic rings. The van der Waals surface area contributed by atoms with Gasteiger partial charge in [0.1, 0.15) is 0 Å². The molecule has 0 aliphatic heterocycles. The van der Waals surface area contributed by atoms with Crippen LogP contribution in [-0.4, -0.2) is 0 Å². The summed E-state index contributed by atoms with van der Waals surface area (Å²) >= 11 is 0. The van der Waals surface area contributed by atoms with E-state index in [1.807, 2.05) is 0 Å². The molecule has 0 nitrogen and oxygen atoms in total. The minimum absolute atomic E-state index is 0.381. The van der Waals surface area contributed by atoms with Crippen molar-refractivity contribution in [1.29, 1.82) is 0 Å². The molecule has 5 atom stereocenters. The van der Waals surface area contributed by atoms with Crippen LogP contribution < -0.4 is 0 Å². The number of allylic oxidation sites excluding steroid dienone is 2. The van der Waals surface area contributed by atoms with Crippen LogP contribution in [0.4, 0.5) is 0 Å². The summed E-state index contributed by atoms with van der Waals surface area (Å²) in [7, 11) is 0. The summed E-state index contributed by atoms with van der Waals surface area (Å²) in [5.41, 5.74) is 0.849. The van der Waals surface area contributed by atoms with E-state index in [1.54, 1.807) is 0 Å². The van der Waals surface area contributed by atoms with Crippen LogP contribution in [0.5, 0.6) is 0 Å². The van der Waals surface area contributed by atoms with Gasteiger partial charge in [-0.15, -0.1) is 0 Å². The maximum atomic E-state index is 2.61. The summed E-state index contributed by atoms with van der Waals surface area (Å²) < 4.78 is 0. The van der Waals surface area contributed by atoms with Gasteiger partial charge in [-0.25, -0.2) is 0 Å². The predicted octanol–water partition coefficient (Wildman–Crippen LogP) is 7.10. The van der Waals surface area contributed by atoms with Crippen molar-refractivity contribution in [2.45, 2.75) is 87.5 Å². The van der Waals surface area contributed by atoms with Crippen molar-refractivity contribution in [3.63, 3.8) is 0 Å². The first-order valence-electron chi connectivity index (χ1n) is 9.38. The van der Waals surface area contributed by atoms with Crippen molar-refractivity contribution in [3.8, 4) is 0 Å². The van der Waals surface area contributed by atoms with E-state index in [1.165, 1.54) is 32.1 Å². The van der Waals surface area contributed by atoms with Gasteiger partial charge in [-0.05, 0) is 60.2 Å². The molecule has 0 spiro atoms. The van der Waals surface area contributed by atoms with E-state index in [0.717, 1.165) is 23.7 Å². The third-order valence-electron chi connectivity index (χ3n) is 6.73. The average molecular weight is 293 g/mol. The molecule has 0 heterocycles. The van der Waals surface area contributed by atoms with Crippen LogP contribution in [0.15, 0.2) is 12.2 Å². The molecule has 1 aliphatic carbocycles. The van der Waals surface area contributed by atoms with Crippen molar-refractivity contribution in [2.24, 2.45) is 34.5 Å². The highest BCUT2D eigenvalue weighted by atomic mass is 14.4. The second-order valence-electron chi connectivity index (χ2n) is 8.80. The normalized spacial score (nSPS) is 38.7. The topological polar surface area (TPSA) is 0 Å². The highest BCUT2D eigenvalue weighted by Crippen LogP contribution is 2.47. The van der Waals surface area contributed by atoms with Gasteiger partial charge in [-0.2, -0.15) is 0 Å². The van der Waals surface area contributed by atoms with Gasteiger partial charge in [-0.3, -0.25) is 0 Å². The molecule has 0 aromatic carbocycles. The van der Waals surface area contributed by atoms with Crippen LogP contribution in [0.3, 0.4) is 0 Å². The molecule has 21 heavy (non-hydrogen) atoms. The van der Waals surface area contributed by atoms with Gasteiger partial charge in [0.2, 0.25) is 0 Å². The summed E-state index contributed by atoms with van der Waals surface area (Å²) in [4.78, 5) is 0. The molecule has 0 heteroatoms. The van der Waals surface area contributed by atoms with E-state index < -0.39 is 0 Å². The minimum Gasteiger partial charge on any atom is -0.0846 e. The van der Waals surface area contributed by atoms with E-state index in [0.29, 0.717) is 10.8 Å². The van der Waals surface area contributed by atoms with Crippen molar-refractivity contribution in [1.82, 2.24) is 0 Å².